The van der Waals surface area contributed by atoms with Gasteiger partial charge in [0.15, 0.2) is 6.10 Å². The molecule has 2 unspecified atom stereocenters. The molecule has 1 N–H and O–H groups in total. The summed E-state index contributed by atoms with van der Waals surface area (Å²) in [5, 5.41) is 9.07. The minimum atomic E-state index is -0.979. The van der Waals surface area contributed by atoms with Crippen molar-refractivity contribution in [3.63, 3.8) is 0 Å². The Bertz CT molecular complexity index is 612. The zero-order valence-corrected chi connectivity index (χ0v) is 14.3. The highest BCUT2D eigenvalue weighted by Crippen LogP contribution is 2.37. The molecule has 5 heteroatoms. The largest absolute Gasteiger partial charge is 0.479 e. The number of hydrogen-bond acceptors (Lipinski definition) is 3. The van der Waals surface area contributed by atoms with Crippen molar-refractivity contribution in [2.45, 2.75) is 57.8 Å². The van der Waals surface area contributed by atoms with Gasteiger partial charge in [0.25, 0.3) is 5.91 Å². The van der Waals surface area contributed by atoms with Crippen LogP contribution in [0.2, 0.25) is 0 Å². The second kappa shape index (κ2) is 6.93. The smallest absolute Gasteiger partial charge is 0.332 e. The van der Waals surface area contributed by atoms with E-state index in [1.807, 2.05) is 4.90 Å². The lowest BCUT2D eigenvalue weighted by molar-refractivity contribution is -0.157. The molecule has 0 saturated carbocycles. The average Bonchev–Trinajstić information content (AvgIpc) is 3.05. The zero-order valence-electron chi connectivity index (χ0n) is 14.3. The van der Waals surface area contributed by atoms with Gasteiger partial charge in [0.2, 0.25) is 0 Å². The average molecular weight is 331 g/mol. The number of piperidine rings is 1. The van der Waals surface area contributed by atoms with Gasteiger partial charge in [0.05, 0.1) is 6.04 Å². The molecule has 1 aromatic carbocycles. The van der Waals surface area contributed by atoms with E-state index in [2.05, 4.69) is 38.1 Å². The fourth-order valence-corrected chi connectivity index (χ4v) is 3.89. The summed E-state index contributed by atoms with van der Waals surface area (Å²) in [6.07, 6.45) is 1.49. The van der Waals surface area contributed by atoms with E-state index in [1.54, 1.807) is 0 Å². The van der Waals surface area contributed by atoms with Gasteiger partial charge in [-0.05, 0) is 44.1 Å². The Hall–Kier alpha value is -1.88. The summed E-state index contributed by atoms with van der Waals surface area (Å²) in [5.41, 5.74) is 2.34. The van der Waals surface area contributed by atoms with Gasteiger partial charge in [0.1, 0.15) is 6.10 Å². The molecule has 1 amide bonds. The topological polar surface area (TPSA) is 66.8 Å². The van der Waals surface area contributed by atoms with Crippen LogP contribution in [0, 0.1) is 12.8 Å². The quantitative estimate of drug-likeness (QED) is 0.925. The Morgan fingerprint density at radius 1 is 1.12 bits per heavy atom. The standard InChI is InChI=1S/C19H25NO4/c1-12-5-7-14(8-6-12)17-13(2)4-3-11-20(17)18(21)15-9-10-16(24-15)19(22)23/h5-8,13,15-17H,3-4,9-11H2,1-2H3,(H,22,23)/t13?,15-,16+,17?/m0/s1. The molecule has 2 saturated heterocycles. The maximum atomic E-state index is 13.0. The first kappa shape index (κ1) is 17.0. The van der Waals surface area contributed by atoms with Crippen molar-refractivity contribution < 1.29 is 19.4 Å². The third-order valence-corrected chi connectivity index (χ3v) is 5.21. The van der Waals surface area contributed by atoms with Gasteiger partial charge in [-0.25, -0.2) is 4.79 Å². The number of rotatable bonds is 3. The number of benzene rings is 1. The molecule has 1 aromatic rings. The molecule has 2 aliphatic rings. The lowest BCUT2D eigenvalue weighted by Gasteiger charge is -2.41. The van der Waals surface area contributed by atoms with Gasteiger partial charge in [-0.2, -0.15) is 0 Å². The van der Waals surface area contributed by atoms with E-state index in [4.69, 9.17) is 9.84 Å². The first-order valence-electron chi connectivity index (χ1n) is 8.72. The van der Waals surface area contributed by atoms with Crippen LogP contribution in [0.15, 0.2) is 24.3 Å². The van der Waals surface area contributed by atoms with Crippen molar-refractivity contribution in [3.05, 3.63) is 35.4 Å². The number of likely N-dealkylation sites (tertiary alicyclic amines) is 1. The Morgan fingerprint density at radius 3 is 2.42 bits per heavy atom. The number of nitrogens with zero attached hydrogens (tertiary/aromatic N) is 1. The number of carbonyl (C=O) groups excluding carboxylic acids is 1. The fourth-order valence-electron chi connectivity index (χ4n) is 3.89. The number of aliphatic carboxylic acids is 1. The first-order valence-corrected chi connectivity index (χ1v) is 8.72. The Kier molecular flexibility index (Phi) is 4.90. The summed E-state index contributed by atoms with van der Waals surface area (Å²) in [6.45, 7) is 4.94. The van der Waals surface area contributed by atoms with Crippen LogP contribution in [0.5, 0.6) is 0 Å². The van der Waals surface area contributed by atoms with Crippen LogP contribution in [0.4, 0.5) is 0 Å². The molecule has 24 heavy (non-hydrogen) atoms. The summed E-state index contributed by atoms with van der Waals surface area (Å²) < 4.78 is 5.49. The number of carbonyl (C=O) groups is 2. The van der Waals surface area contributed by atoms with Crippen LogP contribution in [0.3, 0.4) is 0 Å². The lowest BCUT2D eigenvalue weighted by atomic mass is 9.85. The second-order valence-corrected chi connectivity index (χ2v) is 7.04. The Labute approximate surface area is 142 Å². The van der Waals surface area contributed by atoms with Crippen LogP contribution in [0.25, 0.3) is 0 Å². The summed E-state index contributed by atoms with van der Waals surface area (Å²) in [7, 11) is 0. The van der Waals surface area contributed by atoms with Crippen molar-refractivity contribution in [2.24, 2.45) is 5.92 Å². The maximum absolute atomic E-state index is 13.0. The fraction of sp³-hybridized carbons (Fsp3) is 0.579. The van der Waals surface area contributed by atoms with Crippen molar-refractivity contribution >= 4 is 11.9 Å². The van der Waals surface area contributed by atoms with E-state index >= 15 is 0 Å². The van der Waals surface area contributed by atoms with Crippen molar-refractivity contribution in [1.29, 1.82) is 0 Å². The molecule has 5 nitrogen and oxygen atoms in total. The van der Waals surface area contributed by atoms with E-state index < -0.39 is 18.2 Å². The molecule has 2 fully saturated rings. The van der Waals surface area contributed by atoms with E-state index in [-0.39, 0.29) is 11.9 Å². The van der Waals surface area contributed by atoms with E-state index in [1.165, 1.54) is 5.56 Å². The first-order chi connectivity index (χ1) is 11.5. The number of carboxylic acids is 1. The van der Waals surface area contributed by atoms with E-state index in [0.29, 0.717) is 25.3 Å². The minimum Gasteiger partial charge on any atom is -0.479 e. The SMILES string of the molecule is Cc1ccc(C2C(C)CCCN2C(=O)[C@@H]2CC[C@H](C(=O)O)O2)cc1. The third-order valence-electron chi connectivity index (χ3n) is 5.21. The van der Waals surface area contributed by atoms with Crippen LogP contribution < -0.4 is 0 Å². The van der Waals surface area contributed by atoms with Gasteiger partial charge in [-0.3, -0.25) is 4.79 Å². The summed E-state index contributed by atoms with van der Waals surface area (Å²) >= 11 is 0. The van der Waals surface area contributed by atoms with Gasteiger partial charge in [-0.1, -0.05) is 36.8 Å². The maximum Gasteiger partial charge on any atom is 0.332 e. The molecule has 2 aliphatic heterocycles. The van der Waals surface area contributed by atoms with Crippen LogP contribution in [-0.4, -0.2) is 40.6 Å². The molecule has 2 heterocycles. The molecule has 0 aliphatic carbocycles. The van der Waals surface area contributed by atoms with Gasteiger partial charge >= 0.3 is 5.97 Å². The van der Waals surface area contributed by atoms with Crippen LogP contribution in [-0.2, 0) is 14.3 Å². The third kappa shape index (κ3) is 3.31. The molecule has 0 bridgehead atoms. The molecular formula is C19H25NO4. The Balaban J connectivity index is 1.80. The van der Waals surface area contributed by atoms with E-state index in [9.17, 15) is 9.59 Å². The number of amides is 1. The lowest BCUT2D eigenvalue weighted by Crippen LogP contribution is -2.46. The molecular weight excluding hydrogens is 306 g/mol. The minimum absolute atomic E-state index is 0.0410. The molecule has 0 spiro atoms. The predicted molar refractivity (Wildman–Crippen MR) is 89.6 cm³/mol. The van der Waals surface area contributed by atoms with Gasteiger partial charge < -0.3 is 14.7 Å². The van der Waals surface area contributed by atoms with Crippen LogP contribution in [0.1, 0.15) is 49.8 Å². The van der Waals surface area contributed by atoms with E-state index in [0.717, 1.165) is 18.4 Å². The molecule has 0 radical (unpaired) electrons. The number of ether oxygens (including phenoxy) is 1. The van der Waals surface area contributed by atoms with Crippen molar-refractivity contribution in [1.82, 2.24) is 4.90 Å². The predicted octanol–water partition coefficient (Wildman–Crippen LogP) is 2.93. The normalized spacial score (nSPS) is 30.3. The summed E-state index contributed by atoms with van der Waals surface area (Å²) in [6, 6.07) is 8.38. The molecule has 130 valence electrons. The monoisotopic (exact) mass is 331 g/mol. The molecule has 4 atom stereocenters. The molecule has 3 rings (SSSR count). The molecule has 0 aromatic heterocycles. The van der Waals surface area contributed by atoms with Crippen LogP contribution >= 0.6 is 0 Å². The highest BCUT2D eigenvalue weighted by Gasteiger charge is 2.41. The van der Waals surface area contributed by atoms with Gasteiger partial charge in [-0.15, -0.1) is 0 Å². The number of aryl methyl sites for hydroxylation is 1. The summed E-state index contributed by atoms with van der Waals surface area (Å²) in [5.74, 6) is -0.662. The van der Waals surface area contributed by atoms with Crippen molar-refractivity contribution in [3.8, 4) is 0 Å². The number of carboxylic acid groups (broad SMARTS) is 1. The zero-order chi connectivity index (χ0) is 17.3. The van der Waals surface area contributed by atoms with Gasteiger partial charge in [0, 0.05) is 6.54 Å². The highest BCUT2D eigenvalue weighted by molar-refractivity contribution is 5.83. The second-order valence-electron chi connectivity index (χ2n) is 7.04. The number of hydrogen-bond donors (Lipinski definition) is 1. The van der Waals surface area contributed by atoms with Crippen molar-refractivity contribution in [2.75, 3.05) is 6.54 Å². The Morgan fingerprint density at radius 2 is 1.79 bits per heavy atom. The summed E-state index contributed by atoms with van der Waals surface area (Å²) in [4.78, 5) is 25.9. The highest BCUT2D eigenvalue weighted by atomic mass is 16.5.